The van der Waals surface area contributed by atoms with Crippen LogP contribution in [0.3, 0.4) is 0 Å². The van der Waals surface area contributed by atoms with Crippen molar-refractivity contribution in [3.8, 4) is 0 Å². The van der Waals surface area contributed by atoms with E-state index in [1.165, 1.54) is 19.3 Å². The lowest BCUT2D eigenvalue weighted by Gasteiger charge is -2.25. The lowest BCUT2D eigenvalue weighted by molar-refractivity contribution is 0.0943. The van der Waals surface area contributed by atoms with E-state index < -0.39 is 0 Å². The van der Waals surface area contributed by atoms with Crippen LogP contribution < -0.4 is 5.32 Å². The van der Waals surface area contributed by atoms with E-state index in [-0.39, 0.29) is 5.91 Å². The van der Waals surface area contributed by atoms with Crippen molar-refractivity contribution in [2.24, 2.45) is 5.92 Å². The van der Waals surface area contributed by atoms with Gasteiger partial charge in [0.2, 0.25) is 0 Å². The summed E-state index contributed by atoms with van der Waals surface area (Å²) in [7, 11) is 0. The van der Waals surface area contributed by atoms with Crippen molar-refractivity contribution in [3.63, 3.8) is 0 Å². The third kappa shape index (κ3) is 4.47. The molecular weight excluding hydrogens is 393 g/mol. The predicted octanol–water partition coefficient (Wildman–Crippen LogP) is 4.79. The Morgan fingerprint density at radius 3 is 2.89 bits per heavy atom. The van der Waals surface area contributed by atoms with E-state index in [1.807, 2.05) is 0 Å². The third-order valence-corrected chi connectivity index (χ3v) is 5.17. The van der Waals surface area contributed by atoms with Crippen LogP contribution in [-0.2, 0) is 0 Å². The van der Waals surface area contributed by atoms with Gasteiger partial charge < -0.3 is 5.32 Å². The summed E-state index contributed by atoms with van der Waals surface area (Å²) in [4.78, 5) is 12.7. The molecule has 1 saturated carbocycles. The van der Waals surface area contributed by atoms with Crippen molar-refractivity contribution in [2.45, 2.75) is 30.5 Å². The molecule has 1 aliphatic carbocycles. The van der Waals surface area contributed by atoms with Crippen LogP contribution in [0.25, 0.3) is 0 Å². The maximum Gasteiger partial charge on any atom is 0.252 e. The van der Waals surface area contributed by atoms with Gasteiger partial charge in [-0.25, -0.2) is 0 Å². The van der Waals surface area contributed by atoms with Gasteiger partial charge in [0.05, 0.1) is 5.56 Å². The van der Waals surface area contributed by atoms with Gasteiger partial charge in [0, 0.05) is 20.9 Å². The van der Waals surface area contributed by atoms with Gasteiger partial charge in [0.15, 0.2) is 0 Å². The molecule has 0 spiro atoms. The van der Waals surface area contributed by atoms with Gasteiger partial charge in [0.25, 0.3) is 5.91 Å². The molecule has 0 bridgehead atoms. The van der Waals surface area contributed by atoms with Gasteiger partial charge in [-0.05, 0) is 59.3 Å². The number of hydrogen-bond acceptors (Lipinski definition) is 1. The molecule has 0 heterocycles. The Hall–Kier alpha value is -0.0600. The van der Waals surface area contributed by atoms with E-state index in [2.05, 4.69) is 37.2 Å². The SMILES string of the molecule is O=C(NCC1CCCC(Br)C1)c1ccc(Cl)cc1Br. The van der Waals surface area contributed by atoms with E-state index in [9.17, 15) is 4.79 Å². The van der Waals surface area contributed by atoms with Gasteiger partial charge >= 0.3 is 0 Å². The van der Waals surface area contributed by atoms with E-state index in [4.69, 9.17) is 11.6 Å². The van der Waals surface area contributed by atoms with Crippen LogP contribution in [0.2, 0.25) is 5.02 Å². The second kappa shape index (κ2) is 7.09. The molecule has 2 nitrogen and oxygen atoms in total. The van der Waals surface area contributed by atoms with Crippen LogP contribution in [0.4, 0.5) is 0 Å². The molecule has 0 aromatic heterocycles. The number of hydrogen-bond donors (Lipinski definition) is 1. The van der Waals surface area contributed by atoms with Crippen molar-refractivity contribution in [3.05, 3.63) is 33.3 Å². The first-order valence-electron chi connectivity index (χ1n) is 6.43. The number of nitrogens with one attached hydrogen (secondary N) is 1. The van der Waals surface area contributed by atoms with E-state index >= 15 is 0 Å². The zero-order chi connectivity index (χ0) is 13.8. The molecule has 0 saturated heterocycles. The second-order valence-corrected chi connectivity index (χ2v) is 7.55. The molecule has 5 heteroatoms. The molecule has 2 atom stereocenters. The molecule has 1 aromatic rings. The predicted molar refractivity (Wildman–Crippen MR) is 86.2 cm³/mol. The number of alkyl halides is 1. The molecule has 0 aliphatic heterocycles. The highest BCUT2D eigenvalue weighted by Gasteiger charge is 2.20. The first kappa shape index (κ1) is 15.3. The smallest absolute Gasteiger partial charge is 0.252 e. The standard InChI is InChI=1S/C14H16Br2ClNO/c15-10-3-1-2-9(6-10)8-18-14(19)12-5-4-11(17)7-13(12)16/h4-5,7,9-10H,1-3,6,8H2,(H,18,19). The topological polar surface area (TPSA) is 29.1 Å². The monoisotopic (exact) mass is 407 g/mol. The number of halogens is 3. The summed E-state index contributed by atoms with van der Waals surface area (Å²) >= 11 is 12.9. The van der Waals surface area contributed by atoms with Crippen molar-refractivity contribution in [1.29, 1.82) is 0 Å². The number of amides is 1. The molecule has 1 aliphatic rings. The molecule has 1 fully saturated rings. The average molecular weight is 410 g/mol. The molecule has 1 amide bonds. The number of carbonyl (C=O) groups excluding carboxylic acids is 1. The van der Waals surface area contributed by atoms with Crippen LogP contribution in [0.15, 0.2) is 22.7 Å². The Bertz CT molecular complexity index is 467. The van der Waals surface area contributed by atoms with Crippen molar-refractivity contribution >= 4 is 49.4 Å². The van der Waals surface area contributed by atoms with Crippen molar-refractivity contribution < 1.29 is 4.79 Å². The first-order valence-corrected chi connectivity index (χ1v) is 8.52. The fraction of sp³-hybridized carbons (Fsp3) is 0.500. The summed E-state index contributed by atoms with van der Waals surface area (Å²) in [6, 6.07) is 5.22. The largest absolute Gasteiger partial charge is 0.352 e. The molecular formula is C14H16Br2ClNO. The minimum atomic E-state index is -0.0414. The van der Waals surface area contributed by atoms with Crippen molar-refractivity contribution in [2.75, 3.05) is 6.54 Å². The maximum atomic E-state index is 12.1. The summed E-state index contributed by atoms with van der Waals surface area (Å²) in [6.45, 7) is 0.746. The molecule has 1 N–H and O–H groups in total. The highest BCUT2D eigenvalue weighted by Crippen LogP contribution is 2.28. The Morgan fingerprint density at radius 2 is 2.21 bits per heavy atom. The van der Waals surface area contributed by atoms with Gasteiger partial charge in [-0.2, -0.15) is 0 Å². The summed E-state index contributed by atoms with van der Waals surface area (Å²) in [5.41, 5.74) is 0.635. The van der Waals surface area contributed by atoms with Gasteiger partial charge in [0.1, 0.15) is 0 Å². The summed E-state index contributed by atoms with van der Waals surface area (Å²) < 4.78 is 0.736. The highest BCUT2D eigenvalue weighted by atomic mass is 79.9. The van der Waals surface area contributed by atoms with Gasteiger partial charge in [-0.15, -0.1) is 0 Å². The van der Waals surface area contributed by atoms with Crippen LogP contribution >= 0.6 is 43.5 Å². The fourth-order valence-corrected chi connectivity index (χ4v) is 4.13. The Labute approximate surface area is 135 Å². The second-order valence-electron chi connectivity index (χ2n) is 4.96. The molecule has 2 unspecified atom stereocenters. The number of carbonyl (C=O) groups is 1. The maximum absolute atomic E-state index is 12.1. The van der Waals surface area contributed by atoms with Gasteiger partial charge in [-0.3, -0.25) is 4.79 Å². The summed E-state index contributed by atoms with van der Waals surface area (Å²) in [5, 5.41) is 3.64. The van der Waals surface area contributed by atoms with Crippen LogP contribution in [0, 0.1) is 5.92 Å². The highest BCUT2D eigenvalue weighted by molar-refractivity contribution is 9.10. The number of rotatable bonds is 3. The van der Waals surface area contributed by atoms with E-state index in [1.54, 1.807) is 18.2 Å². The summed E-state index contributed by atoms with van der Waals surface area (Å²) in [6.07, 6.45) is 4.82. The zero-order valence-corrected chi connectivity index (χ0v) is 14.4. The normalized spacial score (nSPS) is 23.1. The number of benzene rings is 1. The lowest BCUT2D eigenvalue weighted by Crippen LogP contribution is -2.32. The average Bonchev–Trinajstić information content (AvgIpc) is 2.36. The Balaban J connectivity index is 1.90. The minimum Gasteiger partial charge on any atom is -0.352 e. The first-order chi connectivity index (χ1) is 9.06. The molecule has 0 radical (unpaired) electrons. The quantitative estimate of drug-likeness (QED) is 0.715. The van der Waals surface area contributed by atoms with E-state index in [0.29, 0.717) is 21.3 Å². The Kier molecular flexibility index (Phi) is 5.72. The van der Waals surface area contributed by atoms with Crippen LogP contribution in [-0.4, -0.2) is 17.3 Å². The van der Waals surface area contributed by atoms with E-state index in [0.717, 1.165) is 17.4 Å². The molecule has 19 heavy (non-hydrogen) atoms. The van der Waals surface area contributed by atoms with Gasteiger partial charge in [-0.1, -0.05) is 34.0 Å². The fourth-order valence-electron chi connectivity index (χ4n) is 2.42. The van der Waals surface area contributed by atoms with Crippen LogP contribution in [0.1, 0.15) is 36.0 Å². The Morgan fingerprint density at radius 1 is 1.42 bits per heavy atom. The summed E-state index contributed by atoms with van der Waals surface area (Å²) in [5.74, 6) is 0.536. The molecule has 104 valence electrons. The zero-order valence-electron chi connectivity index (χ0n) is 10.5. The third-order valence-electron chi connectivity index (χ3n) is 3.45. The van der Waals surface area contributed by atoms with Crippen molar-refractivity contribution in [1.82, 2.24) is 5.32 Å². The lowest BCUT2D eigenvalue weighted by atomic mass is 9.89. The minimum absolute atomic E-state index is 0.0414. The molecule has 2 rings (SSSR count). The van der Waals surface area contributed by atoms with Crippen LogP contribution in [0.5, 0.6) is 0 Å². The molecule has 1 aromatic carbocycles.